The number of para-hydroxylation sites is 1. The Kier molecular flexibility index (Phi) is 5.08. The van der Waals surface area contributed by atoms with E-state index in [0.29, 0.717) is 18.6 Å². The van der Waals surface area contributed by atoms with Gasteiger partial charge in [-0.1, -0.05) is 24.6 Å². The molecule has 5 nitrogen and oxygen atoms in total. The van der Waals surface area contributed by atoms with E-state index in [1.54, 1.807) is 6.20 Å². The van der Waals surface area contributed by atoms with E-state index >= 15 is 0 Å². The third-order valence-electron chi connectivity index (χ3n) is 4.30. The van der Waals surface area contributed by atoms with Crippen LogP contribution < -0.4 is 10.5 Å². The van der Waals surface area contributed by atoms with Crippen molar-refractivity contribution in [2.45, 2.75) is 38.8 Å². The standard InChI is InChI=1S/C18H24N4O/c1-2-23-17-9-4-3-7-14(17)13-22-12-6-5-8-16(22)15-10-11-20-18(19)21-15/h3-4,7,9-11,16H,2,5-6,8,12-13H2,1H3,(H2,19,20,21)/t16-/m0/s1. The van der Waals surface area contributed by atoms with Crippen LogP contribution in [0.15, 0.2) is 36.5 Å². The lowest BCUT2D eigenvalue weighted by Gasteiger charge is -2.35. The van der Waals surface area contributed by atoms with Crippen LogP contribution in [0.4, 0.5) is 5.95 Å². The molecule has 2 N–H and O–H groups in total. The van der Waals surface area contributed by atoms with E-state index in [2.05, 4.69) is 27.0 Å². The van der Waals surface area contributed by atoms with Gasteiger partial charge in [-0.15, -0.1) is 0 Å². The van der Waals surface area contributed by atoms with Crippen molar-refractivity contribution in [3.8, 4) is 5.75 Å². The summed E-state index contributed by atoms with van der Waals surface area (Å²) in [5.74, 6) is 1.32. The summed E-state index contributed by atoms with van der Waals surface area (Å²) < 4.78 is 5.77. The van der Waals surface area contributed by atoms with E-state index in [4.69, 9.17) is 10.5 Å². The minimum absolute atomic E-state index is 0.295. The number of nitrogens with zero attached hydrogens (tertiary/aromatic N) is 3. The number of nitrogen functional groups attached to an aromatic ring is 1. The third kappa shape index (κ3) is 3.79. The number of aromatic nitrogens is 2. The van der Waals surface area contributed by atoms with Gasteiger partial charge in [0, 0.05) is 18.3 Å². The van der Waals surface area contributed by atoms with Gasteiger partial charge in [-0.25, -0.2) is 9.97 Å². The average Bonchev–Trinajstić information content (AvgIpc) is 2.57. The molecule has 1 aliphatic heterocycles. The quantitative estimate of drug-likeness (QED) is 0.918. The van der Waals surface area contributed by atoms with Gasteiger partial charge in [0.15, 0.2) is 0 Å². The molecule has 0 bridgehead atoms. The van der Waals surface area contributed by atoms with Crippen LogP contribution in [-0.4, -0.2) is 28.0 Å². The largest absolute Gasteiger partial charge is 0.494 e. The number of likely N-dealkylation sites (tertiary alicyclic amines) is 1. The third-order valence-corrected chi connectivity index (χ3v) is 4.30. The minimum atomic E-state index is 0.295. The number of hydrogen-bond acceptors (Lipinski definition) is 5. The molecule has 2 aromatic rings. The Balaban J connectivity index is 1.82. The molecule has 0 radical (unpaired) electrons. The zero-order valence-electron chi connectivity index (χ0n) is 13.6. The highest BCUT2D eigenvalue weighted by Crippen LogP contribution is 2.32. The first-order valence-electron chi connectivity index (χ1n) is 8.31. The van der Waals surface area contributed by atoms with Crippen LogP contribution in [0.3, 0.4) is 0 Å². The van der Waals surface area contributed by atoms with Crippen LogP contribution >= 0.6 is 0 Å². The van der Waals surface area contributed by atoms with Gasteiger partial charge in [0.2, 0.25) is 5.95 Å². The van der Waals surface area contributed by atoms with E-state index in [-0.39, 0.29) is 0 Å². The molecule has 1 aromatic carbocycles. The molecule has 0 saturated carbocycles. The van der Waals surface area contributed by atoms with Crippen LogP contribution in [0.5, 0.6) is 5.75 Å². The molecule has 0 amide bonds. The fourth-order valence-electron chi connectivity index (χ4n) is 3.24. The zero-order chi connectivity index (χ0) is 16.1. The van der Waals surface area contributed by atoms with Gasteiger partial charge in [0.05, 0.1) is 18.3 Å². The first-order valence-corrected chi connectivity index (χ1v) is 8.31. The van der Waals surface area contributed by atoms with Crippen molar-refractivity contribution in [2.75, 3.05) is 18.9 Å². The second-order valence-electron chi connectivity index (χ2n) is 5.86. The molecule has 1 aliphatic rings. The topological polar surface area (TPSA) is 64.3 Å². The highest BCUT2D eigenvalue weighted by atomic mass is 16.5. The Morgan fingerprint density at radius 1 is 1.26 bits per heavy atom. The summed E-state index contributed by atoms with van der Waals surface area (Å²) in [6, 6.07) is 10.6. The second kappa shape index (κ2) is 7.42. The molecular weight excluding hydrogens is 288 g/mol. The smallest absolute Gasteiger partial charge is 0.220 e. The molecule has 0 spiro atoms. The Morgan fingerprint density at radius 3 is 2.96 bits per heavy atom. The van der Waals surface area contributed by atoms with Gasteiger partial charge >= 0.3 is 0 Å². The Morgan fingerprint density at radius 2 is 2.13 bits per heavy atom. The number of hydrogen-bond donors (Lipinski definition) is 1. The van der Waals surface area contributed by atoms with Crippen molar-refractivity contribution in [1.29, 1.82) is 0 Å². The van der Waals surface area contributed by atoms with Gasteiger partial charge in [0.25, 0.3) is 0 Å². The van der Waals surface area contributed by atoms with E-state index in [9.17, 15) is 0 Å². The lowest BCUT2D eigenvalue weighted by Crippen LogP contribution is -2.33. The summed E-state index contributed by atoms with van der Waals surface area (Å²) in [5, 5.41) is 0. The molecular formula is C18H24N4O. The van der Waals surface area contributed by atoms with E-state index < -0.39 is 0 Å². The Hall–Kier alpha value is -2.14. The van der Waals surface area contributed by atoms with Gasteiger partial charge in [-0.05, 0) is 38.4 Å². The fraction of sp³-hybridized carbons (Fsp3) is 0.444. The second-order valence-corrected chi connectivity index (χ2v) is 5.86. The summed E-state index contributed by atoms with van der Waals surface area (Å²) in [6.07, 6.45) is 5.29. The van der Waals surface area contributed by atoms with Crippen LogP contribution in [0.25, 0.3) is 0 Å². The highest BCUT2D eigenvalue weighted by molar-refractivity contribution is 5.33. The molecule has 0 unspecified atom stereocenters. The van der Waals surface area contributed by atoms with Crippen molar-refractivity contribution < 1.29 is 4.74 Å². The Bertz CT molecular complexity index is 646. The van der Waals surface area contributed by atoms with Gasteiger partial charge in [0.1, 0.15) is 5.75 Å². The molecule has 0 aliphatic carbocycles. The predicted octanol–water partition coefficient (Wildman–Crippen LogP) is 3.18. The molecule has 122 valence electrons. The summed E-state index contributed by atoms with van der Waals surface area (Å²) in [5.41, 5.74) is 8.01. The number of anilines is 1. The first kappa shape index (κ1) is 15.7. The average molecular weight is 312 g/mol. The molecule has 3 rings (SSSR count). The predicted molar refractivity (Wildman–Crippen MR) is 91.1 cm³/mol. The van der Waals surface area contributed by atoms with E-state index in [0.717, 1.165) is 31.0 Å². The Labute approximate surface area is 137 Å². The van der Waals surface area contributed by atoms with Gasteiger partial charge < -0.3 is 10.5 Å². The SMILES string of the molecule is CCOc1ccccc1CN1CCCC[C@H]1c1ccnc(N)n1. The molecule has 1 fully saturated rings. The lowest BCUT2D eigenvalue weighted by atomic mass is 9.98. The van der Waals surface area contributed by atoms with Crippen molar-refractivity contribution in [1.82, 2.24) is 14.9 Å². The van der Waals surface area contributed by atoms with Crippen molar-refractivity contribution in [3.05, 3.63) is 47.8 Å². The minimum Gasteiger partial charge on any atom is -0.494 e. The number of rotatable bonds is 5. The molecule has 23 heavy (non-hydrogen) atoms. The van der Waals surface area contributed by atoms with E-state index in [1.807, 2.05) is 25.1 Å². The lowest BCUT2D eigenvalue weighted by molar-refractivity contribution is 0.135. The maximum absolute atomic E-state index is 5.77. The maximum atomic E-state index is 5.77. The molecule has 1 aromatic heterocycles. The van der Waals surface area contributed by atoms with Gasteiger partial charge in [-0.2, -0.15) is 0 Å². The summed E-state index contributed by atoms with van der Waals surface area (Å²) >= 11 is 0. The highest BCUT2D eigenvalue weighted by Gasteiger charge is 2.26. The molecule has 2 heterocycles. The number of ether oxygens (including phenoxy) is 1. The van der Waals surface area contributed by atoms with Crippen molar-refractivity contribution in [3.63, 3.8) is 0 Å². The van der Waals surface area contributed by atoms with Crippen molar-refractivity contribution >= 4 is 5.95 Å². The molecule has 5 heteroatoms. The van der Waals surface area contributed by atoms with E-state index in [1.165, 1.54) is 18.4 Å². The monoisotopic (exact) mass is 312 g/mol. The van der Waals surface area contributed by atoms with Crippen LogP contribution in [0.1, 0.15) is 43.5 Å². The zero-order valence-corrected chi connectivity index (χ0v) is 13.6. The van der Waals surface area contributed by atoms with Crippen LogP contribution in [0, 0.1) is 0 Å². The summed E-state index contributed by atoms with van der Waals surface area (Å²) in [7, 11) is 0. The number of benzene rings is 1. The van der Waals surface area contributed by atoms with Crippen molar-refractivity contribution in [2.24, 2.45) is 0 Å². The first-order chi connectivity index (χ1) is 11.3. The molecule has 1 saturated heterocycles. The summed E-state index contributed by atoms with van der Waals surface area (Å²) in [4.78, 5) is 10.9. The molecule has 1 atom stereocenters. The fourth-order valence-corrected chi connectivity index (χ4v) is 3.24. The maximum Gasteiger partial charge on any atom is 0.220 e. The summed E-state index contributed by atoms with van der Waals surface area (Å²) in [6.45, 7) is 4.63. The van der Waals surface area contributed by atoms with Gasteiger partial charge in [-0.3, -0.25) is 4.90 Å². The normalized spacial score (nSPS) is 18.7. The van der Waals surface area contributed by atoms with Crippen LogP contribution in [-0.2, 0) is 6.54 Å². The number of nitrogens with two attached hydrogens (primary N) is 1. The number of piperidine rings is 1. The van der Waals surface area contributed by atoms with Crippen LogP contribution in [0.2, 0.25) is 0 Å².